The second-order valence-corrected chi connectivity index (χ2v) is 5.37. The highest BCUT2D eigenvalue weighted by atomic mass is 19.4. The molecule has 0 saturated carbocycles. The fraction of sp³-hybridized carbons (Fsp3) is 0.750. The lowest BCUT2D eigenvalue weighted by atomic mass is 9.85. The lowest BCUT2D eigenvalue weighted by molar-refractivity contribution is -0.394. The number of cyclic esters (lactones) is 1. The minimum absolute atomic E-state index is 0.141. The molecule has 1 amide bonds. The SMILES string of the molecule is CC[C@H]1[C@@H](C(C)=O)C(=O)N2[C@@H]1C(=O)OC2(C(F)(F)F)C(F)(F)F. The van der Waals surface area contributed by atoms with Gasteiger partial charge in [-0.2, -0.15) is 26.3 Å². The number of ketones is 1. The summed E-state index contributed by atoms with van der Waals surface area (Å²) in [6.45, 7) is 2.23. The normalized spacial score (nSPS) is 30.4. The average Bonchev–Trinajstić information content (AvgIpc) is 2.82. The highest BCUT2D eigenvalue weighted by Crippen LogP contribution is 2.56. The second kappa shape index (κ2) is 4.84. The van der Waals surface area contributed by atoms with E-state index in [1.165, 1.54) is 6.92 Å². The predicted octanol–water partition coefficient (Wildman–Crippen LogP) is 1.81. The maximum Gasteiger partial charge on any atom is 0.458 e. The van der Waals surface area contributed by atoms with Crippen LogP contribution >= 0.6 is 0 Å². The van der Waals surface area contributed by atoms with Crippen LogP contribution in [-0.4, -0.2) is 46.7 Å². The molecule has 2 aliphatic rings. The van der Waals surface area contributed by atoms with Gasteiger partial charge < -0.3 is 4.74 Å². The largest absolute Gasteiger partial charge is 0.458 e. The Labute approximate surface area is 125 Å². The third-order valence-corrected chi connectivity index (χ3v) is 4.12. The summed E-state index contributed by atoms with van der Waals surface area (Å²) >= 11 is 0. The molecule has 3 atom stereocenters. The van der Waals surface area contributed by atoms with Gasteiger partial charge in [0.1, 0.15) is 17.7 Å². The lowest BCUT2D eigenvalue weighted by Crippen LogP contribution is -2.67. The van der Waals surface area contributed by atoms with Crippen molar-refractivity contribution < 1.29 is 45.5 Å². The summed E-state index contributed by atoms with van der Waals surface area (Å²) in [6, 6.07) is -2.09. The fourth-order valence-corrected chi connectivity index (χ4v) is 3.21. The van der Waals surface area contributed by atoms with Crippen LogP contribution in [0.4, 0.5) is 26.3 Å². The molecular weight excluding hydrogens is 336 g/mol. The van der Waals surface area contributed by atoms with Crippen LogP contribution in [0, 0.1) is 11.8 Å². The van der Waals surface area contributed by atoms with Crippen molar-refractivity contribution in [1.29, 1.82) is 0 Å². The number of hydrogen-bond acceptors (Lipinski definition) is 4. The van der Waals surface area contributed by atoms with Crippen LogP contribution in [0.5, 0.6) is 0 Å². The number of fused-ring (bicyclic) bond motifs is 1. The van der Waals surface area contributed by atoms with Gasteiger partial charge in [0.05, 0.1) is 0 Å². The molecule has 0 aliphatic carbocycles. The quantitative estimate of drug-likeness (QED) is 0.434. The Morgan fingerprint density at radius 2 is 1.65 bits per heavy atom. The molecule has 0 aromatic heterocycles. The number of carbonyl (C=O) groups is 3. The van der Waals surface area contributed by atoms with Gasteiger partial charge in [0.2, 0.25) is 5.91 Å². The monoisotopic (exact) mass is 347 g/mol. The average molecular weight is 347 g/mol. The molecule has 0 N–H and O–H groups in total. The van der Waals surface area contributed by atoms with Crippen LogP contribution in [0.25, 0.3) is 0 Å². The Bertz CT molecular complexity index is 555. The van der Waals surface area contributed by atoms with Gasteiger partial charge in [0.25, 0.3) is 0 Å². The van der Waals surface area contributed by atoms with Gasteiger partial charge in [0.15, 0.2) is 0 Å². The summed E-state index contributed by atoms with van der Waals surface area (Å²) < 4.78 is 82.8. The topological polar surface area (TPSA) is 63.7 Å². The number of halogens is 6. The number of alkyl halides is 6. The molecule has 0 radical (unpaired) electrons. The van der Waals surface area contributed by atoms with Crippen molar-refractivity contribution in [1.82, 2.24) is 4.90 Å². The predicted molar refractivity (Wildman–Crippen MR) is 59.5 cm³/mol. The fourth-order valence-electron chi connectivity index (χ4n) is 3.21. The Kier molecular flexibility index (Phi) is 3.69. The summed E-state index contributed by atoms with van der Waals surface area (Å²) in [5.41, 5.74) is -5.06. The third kappa shape index (κ3) is 2.04. The zero-order valence-corrected chi connectivity index (χ0v) is 11.8. The third-order valence-electron chi connectivity index (χ3n) is 4.12. The molecule has 0 spiro atoms. The van der Waals surface area contributed by atoms with Gasteiger partial charge in [-0.05, 0) is 13.3 Å². The van der Waals surface area contributed by atoms with Crippen molar-refractivity contribution in [2.75, 3.05) is 0 Å². The zero-order chi connectivity index (χ0) is 18.0. The maximum absolute atomic E-state index is 13.2. The van der Waals surface area contributed by atoms with Crippen LogP contribution in [0.3, 0.4) is 0 Å². The van der Waals surface area contributed by atoms with Gasteiger partial charge in [-0.3, -0.25) is 14.5 Å². The standard InChI is InChI=1S/C12H11F6NO4/c1-3-5-6(4(2)20)8(21)19-7(5)9(22)23-10(19,11(13,14)15)12(16,17)18/h5-7H,3H2,1-2H3/t5-,6+,7-/m0/s1. The zero-order valence-electron chi connectivity index (χ0n) is 11.8. The van der Waals surface area contributed by atoms with E-state index in [0.29, 0.717) is 0 Å². The van der Waals surface area contributed by atoms with Crippen molar-refractivity contribution >= 4 is 17.7 Å². The van der Waals surface area contributed by atoms with Crippen LogP contribution in [0.15, 0.2) is 0 Å². The molecule has 130 valence electrons. The summed E-state index contributed by atoms with van der Waals surface area (Å²) in [7, 11) is 0. The first-order valence-corrected chi connectivity index (χ1v) is 6.51. The summed E-state index contributed by atoms with van der Waals surface area (Å²) in [6.07, 6.45) is -12.3. The summed E-state index contributed by atoms with van der Waals surface area (Å²) in [4.78, 5) is 34.7. The molecule has 0 aromatic carbocycles. The molecule has 5 nitrogen and oxygen atoms in total. The number of hydrogen-bond donors (Lipinski definition) is 0. The van der Waals surface area contributed by atoms with Crippen molar-refractivity contribution in [3.05, 3.63) is 0 Å². The van der Waals surface area contributed by atoms with E-state index in [2.05, 4.69) is 4.74 Å². The van der Waals surface area contributed by atoms with Gasteiger partial charge in [-0.1, -0.05) is 6.92 Å². The molecule has 0 bridgehead atoms. The van der Waals surface area contributed by atoms with Crippen LogP contribution < -0.4 is 0 Å². The molecule has 2 aliphatic heterocycles. The molecule has 2 fully saturated rings. The van der Waals surface area contributed by atoms with E-state index >= 15 is 0 Å². The molecule has 2 saturated heterocycles. The molecule has 0 aromatic rings. The highest BCUT2D eigenvalue weighted by Gasteiger charge is 2.85. The number of ether oxygens (including phenoxy) is 1. The molecule has 23 heavy (non-hydrogen) atoms. The minimum Gasteiger partial charge on any atom is -0.419 e. The smallest absolute Gasteiger partial charge is 0.419 e. The van der Waals surface area contributed by atoms with Crippen molar-refractivity contribution in [3.8, 4) is 0 Å². The number of Topliss-reactive ketones (excluding diaryl/α,β-unsaturated/α-hetero) is 1. The van der Waals surface area contributed by atoms with E-state index in [4.69, 9.17) is 0 Å². The van der Waals surface area contributed by atoms with Gasteiger partial charge in [-0.15, -0.1) is 0 Å². The summed E-state index contributed by atoms with van der Waals surface area (Å²) in [5, 5.41) is 0. The van der Waals surface area contributed by atoms with E-state index in [9.17, 15) is 40.7 Å². The maximum atomic E-state index is 13.2. The molecule has 2 rings (SSSR count). The van der Waals surface area contributed by atoms with E-state index in [1.807, 2.05) is 0 Å². The van der Waals surface area contributed by atoms with Gasteiger partial charge in [0, 0.05) is 5.92 Å². The number of esters is 1. The highest BCUT2D eigenvalue weighted by molar-refractivity contribution is 6.06. The van der Waals surface area contributed by atoms with Crippen molar-refractivity contribution in [2.45, 2.75) is 44.4 Å². The van der Waals surface area contributed by atoms with Crippen LogP contribution in [0.1, 0.15) is 20.3 Å². The van der Waals surface area contributed by atoms with Crippen molar-refractivity contribution in [3.63, 3.8) is 0 Å². The molecule has 0 unspecified atom stereocenters. The Balaban J connectivity index is 2.70. The van der Waals surface area contributed by atoms with Crippen LogP contribution in [-0.2, 0) is 19.1 Å². The Morgan fingerprint density at radius 1 is 1.17 bits per heavy atom. The number of amides is 1. The van der Waals surface area contributed by atoms with E-state index < -0.39 is 58.5 Å². The summed E-state index contributed by atoms with van der Waals surface area (Å²) in [5.74, 6) is -7.46. The second-order valence-electron chi connectivity index (χ2n) is 5.37. The molecule has 11 heteroatoms. The first-order chi connectivity index (χ1) is 10.3. The minimum atomic E-state index is -6.10. The first kappa shape index (κ1) is 17.5. The molecular formula is C12H11F6NO4. The lowest BCUT2D eigenvalue weighted by Gasteiger charge is -2.37. The van der Waals surface area contributed by atoms with Gasteiger partial charge >= 0.3 is 24.0 Å². The number of carbonyl (C=O) groups excluding carboxylic acids is 3. The van der Waals surface area contributed by atoms with Crippen LogP contribution in [0.2, 0.25) is 0 Å². The Morgan fingerprint density at radius 3 is 2.00 bits per heavy atom. The number of rotatable bonds is 2. The van der Waals surface area contributed by atoms with Crippen molar-refractivity contribution in [2.24, 2.45) is 11.8 Å². The van der Waals surface area contributed by atoms with Gasteiger partial charge in [-0.25, -0.2) is 4.79 Å². The molecule has 2 heterocycles. The number of nitrogens with zero attached hydrogens (tertiary/aromatic N) is 1. The van der Waals surface area contributed by atoms with E-state index in [0.717, 1.165) is 6.92 Å². The van der Waals surface area contributed by atoms with E-state index in [1.54, 1.807) is 0 Å². The first-order valence-electron chi connectivity index (χ1n) is 6.51. The Hall–Kier alpha value is -1.81. The van der Waals surface area contributed by atoms with E-state index in [-0.39, 0.29) is 6.42 Å².